The lowest BCUT2D eigenvalue weighted by atomic mass is 10.00. The Hall–Kier alpha value is -2.25. The van der Waals surface area contributed by atoms with Gasteiger partial charge in [0, 0.05) is 17.1 Å². The van der Waals surface area contributed by atoms with Crippen molar-refractivity contribution in [3.05, 3.63) is 71.8 Å². The van der Waals surface area contributed by atoms with Crippen LogP contribution in [0, 0.1) is 5.92 Å². The Morgan fingerprint density at radius 1 is 0.966 bits per heavy atom. The van der Waals surface area contributed by atoms with Crippen LogP contribution in [0.4, 0.5) is 0 Å². The maximum absolute atomic E-state index is 12.9. The number of nitrogens with one attached hydrogen (secondary N) is 1. The molecule has 0 saturated carbocycles. The summed E-state index contributed by atoms with van der Waals surface area (Å²) in [6.07, 6.45) is 0.439. The molecule has 2 aromatic rings. The maximum Gasteiger partial charge on any atom is 0.327 e. The van der Waals surface area contributed by atoms with Gasteiger partial charge in [-0.25, -0.2) is 4.79 Å². The third-order valence-electron chi connectivity index (χ3n) is 4.22. The molecule has 1 unspecified atom stereocenters. The summed E-state index contributed by atoms with van der Waals surface area (Å²) in [5, 5.41) is 11.9. The van der Waals surface area contributed by atoms with Gasteiger partial charge in [0.1, 0.15) is 6.04 Å². The van der Waals surface area contributed by atoms with E-state index in [0.717, 1.165) is 23.1 Å². The van der Waals surface area contributed by atoms with Gasteiger partial charge in [0.25, 0.3) is 0 Å². The van der Waals surface area contributed by atoms with E-state index in [4.69, 9.17) is 0 Å². The zero-order chi connectivity index (χ0) is 21.1. The van der Waals surface area contributed by atoms with Crippen molar-refractivity contribution in [1.82, 2.24) is 5.32 Å². The van der Waals surface area contributed by atoms with E-state index < -0.39 is 17.9 Å². The molecule has 0 fully saturated rings. The van der Waals surface area contributed by atoms with E-state index in [2.05, 4.69) is 5.32 Å². The number of carboxylic acid groups (broad SMARTS) is 1. The average Bonchev–Trinajstić information content (AvgIpc) is 2.74. The standard InChI is InChI=1S/C22H25NO4S2/c1-2-28-15-19(21(25)26)23-20(24)18(13-16-9-5-3-6-10-16)14-29-22(27)17-11-7-4-8-12-17/h3-12,18-19H,2,13-15H2,1H3,(H,23,24)(H,25,26)/t18?,19-/m0/s1. The Morgan fingerprint density at radius 2 is 1.59 bits per heavy atom. The zero-order valence-corrected chi connectivity index (χ0v) is 17.9. The molecule has 0 aromatic heterocycles. The molecule has 0 saturated heterocycles. The lowest BCUT2D eigenvalue weighted by Crippen LogP contribution is -2.46. The van der Waals surface area contributed by atoms with Gasteiger partial charge in [-0.05, 0) is 17.7 Å². The van der Waals surface area contributed by atoms with Crippen LogP contribution in [0.2, 0.25) is 0 Å². The summed E-state index contributed by atoms with van der Waals surface area (Å²) in [7, 11) is 0. The number of carboxylic acids is 1. The molecule has 29 heavy (non-hydrogen) atoms. The second kappa shape index (κ2) is 12.3. The SMILES string of the molecule is CCSC[C@H](NC(=O)C(CSC(=O)c1ccccc1)Cc1ccccc1)C(=O)O. The van der Waals surface area contributed by atoms with Crippen LogP contribution in [-0.4, -0.2) is 45.4 Å². The molecule has 0 spiro atoms. The number of thioether (sulfide) groups is 2. The highest BCUT2D eigenvalue weighted by Crippen LogP contribution is 2.20. The van der Waals surface area contributed by atoms with Crippen LogP contribution in [0.5, 0.6) is 0 Å². The number of carbonyl (C=O) groups excluding carboxylic acids is 2. The van der Waals surface area contributed by atoms with Crippen molar-refractivity contribution in [2.45, 2.75) is 19.4 Å². The van der Waals surface area contributed by atoms with Crippen molar-refractivity contribution in [3.8, 4) is 0 Å². The largest absolute Gasteiger partial charge is 0.480 e. The molecular weight excluding hydrogens is 406 g/mol. The van der Waals surface area contributed by atoms with Crippen molar-refractivity contribution in [3.63, 3.8) is 0 Å². The molecule has 0 heterocycles. The number of aliphatic carboxylic acids is 1. The monoisotopic (exact) mass is 431 g/mol. The number of hydrogen-bond donors (Lipinski definition) is 2. The Labute approximate surface area is 179 Å². The van der Waals surface area contributed by atoms with E-state index in [-0.39, 0.29) is 16.8 Å². The highest BCUT2D eigenvalue weighted by molar-refractivity contribution is 8.14. The summed E-state index contributed by atoms with van der Waals surface area (Å²) in [4.78, 5) is 36.8. The Morgan fingerprint density at radius 3 is 2.17 bits per heavy atom. The highest BCUT2D eigenvalue weighted by atomic mass is 32.2. The van der Waals surface area contributed by atoms with Gasteiger partial charge in [-0.1, -0.05) is 79.3 Å². The van der Waals surface area contributed by atoms with Crippen LogP contribution >= 0.6 is 23.5 Å². The first-order chi connectivity index (χ1) is 14.0. The van der Waals surface area contributed by atoms with E-state index in [1.165, 1.54) is 11.8 Å². The summed E-state index contributed by atoms with van der Waals surface area (Å²) in [6, 6.07) is 17.5. The topological polar surface area (TPSA) is 83.5 Å². The quantitative estimate of drug-likeness (QED) is 0.564. The fourth-order valence-corrected chi connectivity index (χ4v) is 4.28. The van der Waals surface area contributed by atoms with Gasteiger partial charge in [-0.15, -0.1) is 0 Å². The number of carbonyl (C=O) groups is 3. The zero-order valence-electron chi connectivity index (χ0n) is 16.2. The minimum atomic E-state index is -1.05. The molecule has 0 aliphatic rings. The Balaban J connectivity index is 2.08. The first kappa shape index (κ1) is 23.0. The predicted octanol–water partition coefficient (Wildman–Crippen LogP) is 3.74. The molecule has 0 radical (unpaired) electrons. The minimum Gasteiger partial charge on any atom is -0.480 e. The van der Waals surface area contributed by atoms with Crippen molar-refractivity contribution in [2.75, 3.05) is 17.3 Å². The molecule has 2 aromatic carbocycles. The van der Waals surface area contributed by atoms with Crippen molar-refractivity contribution >= 4 is 40.5 Å². The predicted molar refractivity (Wildman–Crippen MR) is 119 cm³/mol. The summed E-state index contributed by atoms with van der Waals surface area (Å²) in [5.74, 6) is -0.539. The van der Waals surface area contributed by atoms with E-state index in [1.807, 2.05) is 43.3 Å². The molecule has 2 atom stereocenters. The summed E-state index contributed by atoms with van der Waals surface area (Å²) < 4.78 is 0. The molecule has 7 heteroatoms. The van der Waals surface area contributed by atoms with Crippen LogP contribution in [0.25, 0.3) is 0 Å². The number of rotatable bonds is 11. The first-order valence-electron chi connectivity index (χ1n) is 9.38. The summed E-state index contributed by atoms with van der Waals surface area (Å²) in [5.41, 5.74) is 1.55. The normalized spacial score (nSPS) is 12.7. The van der Waals surface area contributed by atoms with Gasteiger partial charge in [0.05, 0.1) is 5.92 Å². The molecule has 5 nitrogen and oxygen atoms in total. The first-order valence-corrected chi connectivity index (χ1v) is 11.5. The van der Waals surface area contributed by atoms with Gasteiger partial charge in [-0.3, -0.25) is 9.59 Å². The van der Waals surface area contributed by atoms with Crippen LogP contribution in [0.3, 0.4) is 0 Å². The summed E-state index contributed by atoms with van der Waals surface area (Å²) in [6.45, 7) is 1.94. The number of hydrogen-bond acceptors (Lipinski definition) is 5. The molecule has 0 bridgehead atoms. The molecule has 2 N–H and O–H groups in total. The fourth-order valence-electron chi connectivity index (χ4n) is 2.66. The lowest BCUT2D eigenvalue weighted by molar-refractivity contribution is -0.141. The highest BCUT2D eigenvalue weighted by Gasteiger charge is 2.26. The fraction of sp³-hybridized carbons (Fsp3) is 0.318. The Bertz CT molecular complexity index is 799. The van der Waals surface area contributed by atoms with Gasteiger partial charge in [0.2, 0.25) is 11.0 Å². The van der Waals surface area contributed by atoms with Crippen molar-refractivity contribution in [2.24, 2.45) is 5.92 Å². The van der Waals surface area contributed by atoms with E-state index in [1.54, 1.807) is 24.3 Å². The lowest BCUT2D eigenvalue weighted by Gasteiger charge is -2.20. The van der Waals surface area contributed by atoms with Crippen molar-refractivity contribution in [1.29, 1.82) is 0 Å². The van der Waals surface area contributed by atoms with Gasteiger partial charge >= 0.3 is 5.97 Å². The van der Waals surface area contributed by atoms with Crippen molar-refractivity contribution < 1.29 is 19.5 Å². The van der Waals surface area contributed by atoms with Crippen LogP contribution < -0.4 is 5.32 Å². The second-order valence-corrected chi connectivity index (χ2v) is 8.72. The van der Waals surface area contributed by atoms with Gasteiger partial charge in [-0.2, -0.15) is 11.8 Å². The third-order valence-corrected chi connectivity index (χ3v) is 6.27. The molecule has 154 valence electrons. The van der Waals surface area contributed by atoms with Crippen LogP contribution in [-0.2, 0) is 16.0 Å². The average molecular weight is 432 g/mol. The molecular formula is C22H25NO4S2. The summed E-state index contributed by atoms with van der Waals surface area (Å²) >= 11 is 2.55. The minimum absolute atomic E-state index is 0.104. The number of benzene rings is 2. The van der Waals surface area contributed by atoms with Gasteiger partial charge < -0.3 is 10.4 Å². The Kier molecular flexibility index (Phi) is 9.80. The van der Waals surface area contributed by atoms with E-state index >= 15 is 0 Å². The number of amides is 1. The maximum atomic E-state index is 12.9. The van der Waals surface area contributed by atoms with E-state index in [0.29, 0.717) is 17.7 Å². The molecule has 0 aliphatic heterocycles. The van der Waals surface area contributed by atoms with Crippen LogP contribution in [0.15, 0.2) is 60.7 Å². The molecule has 1 amide bonds. The second-order valence-electron chi connectivity index (χ2n) is 6.41. The van der Waals surface area contributed by atoms with Gasteiger partial charge in [0.15, 0.2) is 0 Å². The molecule has 2 rings (SSSR count). The molecule has 0 aliphatic carbocycles. The van der Waals surface area contributed by atoms with E-state index in [9.17, 15) is 19.5 Å². The smallest absolute Gasteiger partial charge is 0.327 e. The van der Waals surface area contributed by atoms with Crippen LogP contribution in [0.1, 0.15) is 22.8 Å². The third kappa shape index (κ3) is 7.95.